The van der Waals surface area contributed by atoms with Gasteiger partial charge in [0.25, 0.3) is 5.91 Å². The molecule has 0 spiro atoms. The van der Waals surface area contributed by atoms with Crippen LogP contribution in [0.5, 0.6) is 0 Å². The molecular formula is C14H24N2O3. The average Bonchev–Trinajstić information content (AvgIpc) is 2.40. The summed E-state index contributed by atoms with van der Waals surface area (Å²) in [6, 6.07) is 0.273. The summed E-state index contributed by atoms with van der Waals surface area (Å²) in [7, 11) is 0. The maximum atomic E-state index is 12.4. The summed E-state index contributed by atoms with van der Waals surface area (Å²) in [5.41, 5.74) is -0.901. The Bertz CT molecular complexity index is 353. The largest absolute Gasteiger partial charge is 0.362 e. The maximum absolute atomic E-state index is 12.4. The van der Waals surface area contributed by atoms with E-state index in [1.54, 1.807) is 11.8 Å². The predicted molar refractivity (Wildman–Crippen MR) is 71.6 cm³/mol. The van der Waals surface area contributed by atoms with E-state index in [1.165, 1.54) is 26.2 Å². The lowest BCUT2D eigenvalue weighted by Gasteiger charge is -2.39. The molecule has 19 heavy (non-hydrogen) atoms. The van der Waals surface area contributed by atoms with E-state index >= 15 is 0 Å². The zero-order valence-corrected chi connectivity index (χ0v) is 11.9. The highest BCUT2D eigenvalue weighted by molar-refractivity contribution is 5.86. The lowest BCUT2D eigenvalue weighted by Crippen LogP contribution is -2.60. The molecule has 2 rings (SSSR count). The second kappa shape index (κ2) is 5.90. The molecule has 0 aromatic carbocycles. The zero-order chi connectivity index (χ0) is 13.9. The summed E-state index contributed by atoms with van der Waals surface area (Å²) in [5, 5.41) is 3.09. The summed E-state index contributed by atoms with van der Waals surface area (Å²) in [5.74, 6) is -0.0784. The van der Waals surface area contributed by atoms with Crippen molar-refractivity contribution >= 4 is 11.8 Å². The molecule has 108 valence electrons. The fraction of sp³-hybridized carbons (Fsp3) is 0.857. The van der Waals surface area contributed by atoms with Gasteiger partial charge in [0.05, 0.1) is 13.2 Å². The van der Waals surface area contributed by atoms with Crippen LogP contribution >= 0.6 is 0 Å². The molecule has 5 heteroatoms. The Morgan fingerprint density at radius 3 is 2.58 bits per heavy atom. The van der Waals surface area contributed by atoms with Crippen molar-refractivity contribution in [2.45, 2.75) is 57.6 Å². The molecule has 1 saturated heterocycles. The number of hydrogen-bond acceptors (Lipinski definition) is 3. The van der Waals surface area contributed by atoms with Crippen molar-refractivity contribution in [3.63, 3.8) is 0 Å². The number of rotatable bonds is 2. The fourth-order valence-corrected chi connectivity index (χ4v) is 2.86. The third-order valence-electron chi connectivity index (χ3n) is 4.14. The number of carbonyl (C=O) groups excluding carboxylic acids is 2. The highest BCUT2D eigenvalue weighted by atomic mass is 16.5. The third-order valence-corrected chi connectivity index (χ3v) is 4.14. The topological polar surface area (TPSA) is 58.6 Å². The van der Waals surface area contributed by atoms with Gasteiger partial charge in [0, 0.05) is 19.5 Å². The van der Waals surface area contributed by atoms with E-state index in [9.17, 15) is 9.59 Å². The van der Waals surface area contributed by atoms with Crippen LogP contribution < -0.4 is 5.32 Å². The zero-order valence-electron chi connectivity index (χ0n) is 11.9. The number of morpholine rings is 1. The number of ether oxygens (including phenoxy) is 1. The maximum Gasteiger partial charge on any atom is 0.254 e. The molecule has 5 nitrogen and oxygen atoms in total. The van der Waals surface area contributed by atoms with E-state index in [0.717, 1.165) is 12.8 Å². The van der Waals surface area contributed by atoms with E-state index in [-0.39, 0.29) is 17.9 Å². The molecule has 0 aromatic heterocycles. The molecule has 1 atom stereocenters. The van der Waals surface area contributed by atoms with Gasteiger partial charge in [-0.3, -0.25) is 9.59 Å². The highest BCUT2D eigenvalue weighted by Gasteiger charge is 2.40. The first-order valence-electron chi connectivity index (χ1n) is 7.22. The van der Waals surface area contributed by atoms with Gasteiger partial charge in [0.2, 0.25) is 5.91 Å². The van der Waals surface area contributed by atoms with E-state index in [4.69, 9.17) is 4.74 Å². The quantitative estimate of drug-likeness (QED) is 0.815. The Kier molecular flexibility index (Phi) is 4.45. The molecule has 1 aliphatic heterocycles. The molecule has 0 radical (unpaired) electrons. The lowest BCUT2D eigenvalue weighted by molar-refractivity contribution is -0.162. The number of carbonyl (C=O) groups is 2. The Balaban J connectivity index is 1.94. The molecular weight excluding hydrogens is 244 g/mol. The van der Waals surface area contributed by atoms with Gasteiger partial charge in [-0.15, -0.1) is 0 Å². The average molecular weight is 268 g/mol. The van der Waals surface area contributed by atoms with Crippen LogP contribution in [0, 0.1) is 0 Å². The number of nitrogens with one attached hydrogen (secondary N) is 1. The van der Waals surface area contributed by atoms with Gasteiger partial charge in [0.1, 0.15) is 0 Å². The standard InChI is InChI=1S/C14H24N2O3/c1-11(17)16-8-9-19-14(2,10-16)13(18)15-12-6-4-3-5-7-12/h12H,3-10H2,1-2H3,(H,15,18). The van der Waals surface area contributed by atoms with Crippen LogP contribution in [0.15, 0.2) is 0 Å². The van der Waals surface area contributed by atoms with Gasteiger partial charge in [0.15, 0.2) is 5.60 Å². The first kappa shape index (κ1) is 14.3. The summed E-state index contributed by atoms with van der Waals surface area (Å²) in [6.45, 7) is 4.65. The first-order valence-corrected chi connectivity index (χ1v) is 7.22. The minimum atomic E-state index is -0.901. The molecule has 2 amide bonds. The molecule has 1 heterocycles. The van der Waals surface area contributed by atoms with Crippen molar-refractivity contribution in [2.24, 2.45) is 0 Å². The first-order chi connectivity index (χ1) is 9.01. The summed E-state index contributed by atoms with van der Waals surface area (Å²) in [6.07, 6.45) is 5.74. The molecule has 0 aromatic rings. The smallest absolute Gasteiger partial charge is 0.254 e. The number of nitrogens with zero attached hydrogens (tertiary/aromatic N) is 1. The van der Waals surface area contributed by atoms with Crippen molar-refractivity contribution in [1.29, 1.82) is 0 Å². The van der Waals surface area contributed by atoms with Crippen LogP contribution in [0.4, 0.5) is 0 Å². The molecule has 2 fully saturated rings. The third kappa shape index (κ3) is 3.47. The lowest BCUT2D eigenvalue weighted by atomic mass is 9.94. The van der Waals surface area contributed by atoms with E-state index in [0.29, 0.717) is 19.7 Å². The molecule has 0 bridgehead atoms. The highest BCUT2D eigenvalue weighted by Crippen LogP contribution is 2.21. The van der Waals surface area contributed by atoms with E-state index in [2.05, 4.69) is 5.32 Å². The van der Waals surface area contributed by atoms with Gasteiger partial charge in [-0.1, -0.05) is 19.3 Å². The van der Waals surface area contributed by atoms with Crippen LogP contribution in [0.2, 0.25) is 0 Å². The summed E-state index contributed by atoms with van der Waals surface area (Å²) >= 11 is 0. The van der Waals surface area contributed by atoms with E-state index in [1.807, 2.05) is 0 Å². The van der Waals surface area contributed by atoms with Crippen LogP contribution in [-0.4, -0.2) is 48.1 Å². The van der Waals surface area contributed by atoms with Gasteiger partial charge >= 0.3 is 0 Å². The van der Waals surface area contributed by atoms with Crippen LogP contribution in [0.1, 0.15) is 46.0 Å². The fourth-order valence-electron chi connectivity index (χ4n) is 2.86. The van der Waals surface area contributed by atoms with Crippen molar-refractivity contribution < 1.29 is 14.3 Å². The summed E-state index contributed by atoms with van der Waals surface area (Å²) < 4.78 is 5.64. The van der Waals surface area contributed by atoms with Gasteiger partial charge in [-0.2, -0.15) is 0 Å². The second-order valence-electron chi connectivity index (χ2n) is 5.83. The van der Waals surface area contributed by atoms with Crippen LogP contribution in [0.3, 0.4) is 0 Å². The monoisotopic (exact) mass is 268 g/mol. The number of hydrogen-bond donors (Lipinski definition) is 1. The number of amides is 2. The van der Waals surface area contributed by atoms with Crippen molar-refractivity contribution in [3.8, 4) is 0 Å². The van der Waals surface area contributed by atoms with Crippen molar-refractivity contribution in [2.75, 3.05) is 19.7 Å². The van der Waals surface area contributed by atoms with Crippen molar-refractivity contribution in [1.82, 2.24) is 10.2 Å². The second-order valence-corrected chi connectivity index (χ2v) is 5.83. The van der Waals surface area contributed by atoms with Crippen molar-refractivity contribution in [3.05, 3.63) is 0 Å². The van der Waals surface area contributed by atoms with Gasteiger partial charge < -0.3 is 15.0 Å². The Morgan fingerprint density at radius 1 is 1.26 bits per heavy atom. The molecule has 2 aliphatic rings. The SMILES string of the molecule is CC(=O)N1CCOC(C)(C(=O)NC2CCCCC2)C1. The summed E-state index contributed by atoms with van der Waals surface area (Å²) in [4.78, 5) is 25.5. The predicted octanol–water partition coefficient (Wildman–Crippen LogP) is 1.07. The van der Waals surface area contributed by atoms with E-state index < -0.39 is 5.60 Å². The molecule has 1 unspecified atom stereocenters. The van der Waals surface area contributed by atoms with Crippen LogP contribution in [-0.2, 0) is 14.3 Å². The molecule has 1 saturated carbocycles. The van der Waals surface area contributed by atoms with Gasteiger partial charge in [-0.05, 0) is 19.8 Å². The minimum Gasteiger partial charge on any atom is -0.362 e. The minimum absolute atomic E-state index is 0.00000798. The van der Waals surface area contributed by atoms with Gasteiger partial charge in [-0.25, -0.2) is 0 Å². The van der Waals surface area contributed by atoms with Crippen LogP contribution in [0.25, 0.3) is 0 Å². The normalized spacial score (nSPS) is 29.1. The molecule has 1 N–H and O–H groups in total. The Labute approximate surface area is 114 Å². The Hall–Kier alpha value is -1.10. The molecule has 1 aliphatic carbocycles. The Morgan fingerprint density at radius 2 is 1.95 bits per heavy atom.